The van der Waals surface area contributed by atoms with Gasteiger partial charge >= 0.3 is 0 Å². The Bertz CT molecular complexity index is 1150. The van der Waals surface area contributed by atoms with Gasteiger partial charge in [0, 0.05) is 11.2 Å². The van der Waals surface area contributed by atoms with Gasteiger partial charge in [-0.25, -0.2) is 0 Å². The Morgan fingerprint density at radius 3 is 2.33 bits per heavy atom. The molecule has 0 bridgehead atoms. The lowest BCUT2D eigenvalue weighted by Gasteiger charge is -2.32. The number of nitrogens with two attached hydrogens (primary N) is 2. The highest BCUT2D eigenvalue weighted by Gasteiger charge is 2.38. The van der Waals surface area contributed by atoms with Gasteiger partial charge in [-0.3, -0.25) is 19.3 Å². The fraction of sp³-hybridized carbons (Fsp3) is 0.273. The number of furan rings is 1. The van der Waals surface area contributed by atoms with Crippen molar-refractivity contribution in [3.05, 3.63) is 59.0 Å². The maximum atomic E-state index is 13.8. The van der Waals surface area contributed by atoms with Crippen molar-refractivity contribution in [3.63, 3.8) is 0 Å². The molecule has 0 aliphatic rings. The largest absolute Gasteiger partial charge is 0.497 e. The van der Waals surface area contributed by atoms with Gasteiger partial charge in [0.2, 0.25) is 0 Å². The van der Waals surface area contributed by atoms with E-state index in [0.29, 0.717) is 11.4 Å². The van der Waals surface area contributed by atoms with Crippen molar-refractivity contribution in [3.8, 4) is 5.75 Å². The van der Waals surface area contributed by atoms with E-state index in [-0.39, 0.29) is 22.0 Å². The molecule has 2 heterocycles. The fourth-order valence-corrected chi connectivity index (χ4v) is 3.87. The van der Waals surface area contributed by atoms with Crippen LogP contribution in [0.1, 0.15) is 52.7 Å². The number of hydrogen-bond donors (Lipinski definition) is 3. The zero-order chi connectivity index (χ0) is 24.3. The molecule has 5 N–H and O–H groups in total. The molecule has 33 heavy (non-hydrogen) atoms. The van der Waals surface area contributed by atoms with Crippen molar-refractivity contribution in [2.24, 2.45) is 5.73 Å². The minimum absolute atomic E-state index is 0.0280. The fourth-order valence-electron chi connectivity index (χ4n) is 3.12. The predicted molar refractivity (Wildman–Crippen MR) is 124 cm³/mol. The monoisotopic (exact) mass is 471 g/mol. The van der Waals surface area contributed by atoms with E-state index in [4.69, 9.17) is 20.6 Å². The molecule has 3 aromatic rings. The Morgan fingerprint density at radius 1 is 1.18 bits per heavy atom. The third-order valence-electron chi connectivity index (χ3n) is 4.54. The first kappa shape index (κ1) is 23.8. The van der Waals surface area contributed by atoms with Gasteiger partial charge in [-0.1, -0.05) is 0 Å². The molecule has 3 rings (SSSR count). The maximum Gasteiger partial charge on any atom is 0.273 e. The average Bonchev–Trinajstić information content (AvgIpc) is 3.40. The SMILES string of the molecule is COc1ccc(N(C(=O)c2snc(C(N)=O)c2N)[C@@H](C(=O)NC(C)(C)C)c2ccco2)cc1. The van der Waals surface area contributed by atoms with E-state index in [9.17, 15) is 14.4 Å². The van der Waals surface area contributed by atoms with Crippen molar-refractivity contribution in [1.29, 1.82) is 0 Å². The lowest BCUT2D eigenvalue weighted by atomic mass is 10.1. The number of hydrogen-bond acceptors (Lipinski definition) is 8. The van der Waals surface area contributed by atoms with Gasteiger partial charge in [0.05, 0.1) is 19.1 Å². The van der Waals surface area contributed by atoms with Gasteiger partial charge in [0.1, 0.15) is 16.4 Å². The zero-order valence-electron chi connectivity index (χ0n) is 18.6. The summed E-state index contributed by atoms with van der Waals surface area (Å²) in [5, 5.41) is 2.89. The minimum Gasteiger partial charge on any atom is -0.497 e. The molecule has 3 amide bonds. The van der Waals surface area contributed by atoms with Crippen LogP contribution in [0.25, 0.3) is 0 Å². The van der Waals surface area contributed by atoms with Crippen molar-refractivity contribution in [2.75, 3.05) is 17.7 Å². The normalized spacial score (nSPS) is 12.1. The number of ether oxygens (including phenoxy) is 1. The van der Waals surface area contributed by atoms with Gasteiger partial charge in [0.25, 0.3) is 17.7 Å². The molecule has 0 saturated heterocycles. The van der Waals surface area contributed by atoms with Crippen LogP contribution in [-0.2, 0) is 4.79 Å². The minimum atomic E-state index is -1.18. The van der Waals surface area contributed by atoms with Crippen LogP contribution in [-0.4, -0.2) is 34.7 Å². The lowest BCUT2D eigenvalue weighted by Crippen LogP contribution is -2.49. The number of benzene rings is 1. The number of rotatable bonds is 7. The molecule has 1 atom stereocenters. The zero-order valence-corrected chi connectivity index (χ0v) is 19.4. The second-order valence-corrected chi connectivity index (χ2v) is 8.94. The number of nitrogens with one attached hydrogen (secondary N) is 1. The number of carbonyl (C=O) groups excluding carboxylic acids is 3. The Balaban J connectivity index is 2.18. The van der Waals surface area contributed by atoms with Gasteiger partial charge in [0.15, 0.2) is 11.7 Å². The summed E-state index contributed by atoms with van der Waals surface area (Å²) in [4.78, 5) is 40.0. The molecule has 0 fully saturated rings. The first-order valence-electron chi connectivity index (χ1n) is 9.91. The summed E-state index contributed by atoms with van der Waals surface area (Å²) in [6, 6.07) is 8.60. The Kier molecular flexibility index (Phi) is 6.73. The van der Waals surface area contributed by atoms with Crippen LogP contribution in [0.3, 0.4) is 0 Å². The number of carbonyl (C=O) groups is 3. The van der Waals surface area contributed by atoms with E-state index >= 15 is 0 Å². The number of nitrogen functional groups attached to an aromatic ring is 1. The summed E-state index contributed by atoms with van der Waals surface area (Å²) in [6.07, 6.45) is 1.41. The van der Waals surface area contributed by atoms with Gasteiger partial charge in [-0.05, 0) is 68.7 Å². The van der Waals surface area contributed by atoms with Crippen LogP contribution in [0, 0.1) is 0 Å². The van der Waals surface area contributed by atoms with E-state index < -0.39 is 29.3 Å². The second-order valence-electron chi connectivity index (χ2n) is 8.17. The summed E-state index contributed by atoms with van der Waals surface area (Å²) >= 11 is 0.729. The molecule has 2 aromatic heterocycles. The second kappa shape index (κ2) is 9.33. The lowest BCUT2D eigenvalue weighted by molar-refractivity contribution is -0.124. The average molecular weight is 472 g/mol. The third kappa shape index (κ3) is 5.14. The number of anilines is 2. The molecule has 11 heteroatoms. The molecular weight excluding hydrogens is 446 g/mol. The number of aromatic nitrogens is 1. The molecule has 0 unspecified atom stereocenters. The summed E-state index contributed by atoms with van der Waals surface area (Å²) in [5.74, 6) is -1.17. The first-order valence-corrected chi connectivity index (χ1v) is 10.7. The summed E-state index contributed by atoms with van der Waals surface area (Å²) in [5.41, 5.74) is 10.8. The smallest absolute Gasteiger partial charge is 0.273 e. The van der Waals surface area contributed by atoms with E-state index in [2.05, 4.69) is 9.69 Å². The van der Waals surface area contributed by atoms with Crippen LogP contribution in [0.15, 0.2) is 47.1 Å². The van der Waals surface area contributed by atoms with Crippen LogP contribution in [0.2, 0.25) is 0 Å². The number of primary amides is 1. The van der Waals surface area contributed by atoms with E-state index in [0.717, 1.165) is 11.5 Å². The standard InChI is InChI=1S/C22H25N5O5S/c1-22(2,3)25-20(29)17(14-6-5-11-32-14)27(12-7-9-13(31-4)10-8-12)21(30)18-15(23)16(19(24)28)26-33-18/h5-11,17H,23H2,1-4H3,(H2,24,28)(H,25,29)/t17-/m1/s1. The van der Waals surface area contributed by atoms with Gasteiger partial charge in [-0.2, -0.15) is 4.37 Å². The molecule has 0 spiro atoms. The van der Waals surface area contributed by atoms with Crippen LogP contribution >= 0.6 is 11.5 Å². The predicted octanol–water partition coefficient (Wildman–Crippen LogP) is 2.73. The topological polar surface area (TPSA) is 154 Å². The van der Waals surface area contributed by atoms with Gasteiger partial charge in [-0.15, -0.1) is 0 Å². The Morgan fingerprint density at radius 2 is 1.85 bits per heavy atom. The molecule has 10 nitrogen and oxygen atoms in total. The van der Waals surface area contributed by atoms with E-state index in [1.54, 1.807) is 36.4 Å². The van der Waals surface area contributed by atoms with Gasteiger partial charge < -0.3 is 25.9 Å². The molecule has 174 valence electrons. The number of nitrogens with zero attached hydrogens (tertiary/aromatic N) is 2. The summed E-state index contributed by atoms with van der Waals surface area (Å²) in [6.45, 7) is 5.47. The van der Waals surface area contributed by atoms with Crippen molar-refractivity contribution < 1.29 is 23.5 Å². The van der Waals surface area contributed by atoms with Crippen molar-refractivity contribution >= 4 is 40.6 Å². The quantitative estimate of drug-likeness (QED) is 0.479. The number of amides is 3. The molecule has 0 aliphatic carbocycles. The third-order valence-corrected chi connectivity index (χ3v) is 5.39. The molecule has 0 saturated carbocycles. The molecule has 0 radical (unpaired) electrons. The van der Waals surface area contributed by atoms with Crippen molar-refractivity contribution in [1.82, 2.24) is 9.69 Å². The van der Waals surface area contributed by atoms with Crippen molar-refractivity contribution in [2.45, 2.75) is 32.4 Å². The Hall–Kier alpha value is -3.86. The molecule has 0 aliphatic heterocycles. The molecule has 1 aromatic carbocycles. The van der Waals surface area contributed by atoms with E-state index in [1.165, 1.54) is 18.3 Å². The highest BCUT2D eigenvalue weighted by molar-refractivity contribution is 7.09. The van der Waals surface area contributed by atoms with Crippen LogP contribution in [0.5, 0.6) is 5.75 Å². The van der Waals surface area contributed by atoms with E-state index in [1.807, 2.05) is 20.8 Å². The highest BCUT2D eigenvalue weighted by atomic mass is 32.1. The first-order chi connectivity index (χ1) is 15.5. The Labute approximate surface area is 194 Å². The maximum absolute atomic E-state index is 13.8. The molecular formula is C22H25N5O5S. The highest BCUT2D eigenvalue weighted by Crippen LogP contribution is 2.34. The number of methoxy groups -OCH3 is 1. The summed E-state index contributed by atoms with van der Waals surface area (Å²) < 4.78 is 14.7. The van der Waals surface area contributed by atoms with Crippen LogP contribution < -0.4 is 26.4 Å². The van der Waals surface area contributed by atoms with Crippen LogP contribution in [0.4, 0.5) is 11.4 Å². The summed E-state index contributed by atoms with van der Waals surface area (Å²) in [7, 11) is 1.52.